The van der Waals surface area contributed by atoms with E-state index in [0.717, 1.165) is 38.4 Å². The Kier molecular flexibility index (Phi) is 3.63. The van der Waals surface area contributed by atoms with Crippen molar-refractivity contribution < 1.29 is 9.47 Å². The van der Waals surface area contributed by atoms with E-state index in [-0.39, 0.29) is 6.10 Å². The van der Waals surface area contributed by atoms with Crippen molar-refractivity contribution in [2.75, 3.05) is 26.3 Å². The summed E-state index contributed by atoms with van der Waals surface area (Å²) < 4.78 is 13.8. The molecule has 2 saturated heterocycles. The molecule has 18 heavy (non-hydrogen) atoms. The van der Waals surface area contributed by atoms with Gasteiger partial charge in [-0.05, 0) is 19.8 Å². The molecule has 3 unspecified atom stereocenters. The zero-order valence-corrected chi connectivity index (χ0v) is 10.8. The van der Waals surface area contributed by atoms with Crippen LogP contribution in [-0.4, -0.2) is 42.0 Å². The minimum atomic E-state index is 0.116. The molecule has 3 rings (SSSR count). The second-order valence-corrected chi connectivity index (χ2v) is 5.08. The Balaban J connectivity index is 1.77. The molecule has 0 spiro atoms. The SMILES string of the molecule is CC(C1CCCO1)n1cncc1C1CNCCO1. The van der Waals surface area contributed by atoms with Crippen LogP contribution in [0.2, 0.25) is 0 Å². The molecule has 1 N–H and O–H groups in total. The van der Waals surface area contributed by atoms with Crippen LogP contribution in [0.15, 0.2) is 12.5 Å². The van der Waals surface area contributed by atoms with E-state index >= 15 is 0 Å². The normalized spacial score (nSPS) is 30.5. The maximum atomic E-state index is 5.81. The van der Waals surface area contributed by atoms with E-state index in [0.29, 0.717) is 12.1 Å². The van der Waals surface area contributed by atoms with Crippen LogP contribution >= 0.6 is 0 Å². The zero-order valence-electron chi connectivity index (χ0n) is 10.8. The fraction of sp³-hybridized carbons (Fsp3) is 0.769. The number of nitrogens with zero attached hydrogens (tertiary/aromatic N) is 2. The van der Waals surface area contributed by atoms with Gasteiger partial charge >= 0.3 is 0 Å². The molecule has 0 aromatic carbocycles. The minimum Gasteiger partial charge on any atom is -0.376 e. The summed E-state index contributed by atoms with van der Waals surface area (Å²) in [4.78, 5) is 4.29. The van der Waals surface area contributed by atoms with Crippen molar-refractivity contribution in [1.82, 2.24) is 14.9 Å². The smallest absolute Gasteiger partial charge is 0.111 e. The van der Waals surface area contributed by atoms with Crippen LogP contribution in [-0.2, 0) is 9.47 Å². The molecule has 0 aliphatic carbocycles. The first-order chi connectivity index (χ1) is 8.86. The summed E-state index contributed by atoms with van der Waals surface area (Å²) in [5.74, 6) is 0. The third-order valence-corrected chi connectivity index (χ3v) is 3.90. The zero-order chi connectivity index (χ0) is 12.4. The lowest BCUT2D eigenvalue weighted by molar-refractivity contribution is 0.0176. The standard InChI is InChI=1S/C13H21N3O2/c1-10(12-3-2-5-17-12)16-9-15-7-11(16)13-8-14-4-6-18-13/h7,9-10,12-14H,2-6,8H2,1H3. The summed E-state index contributed by atoms with van der Waals surface area (Å²) in [7, 11) is 0. The molecule has 5 nitrogen and oxygen atoms in total. The third-order valence-electron chi connectivity index (χ3n) is 3.90. The minimum absolute atomic E-state index is 0.116. The van der Waals surface area contributed by atoms with Gasteiger partial charge in [0.05, 0.1) is 37.0 Å². The first kappa shape index (κ1) is 12.1. The third kappa shape index (κ3) is 2.30. The molecule has 0 amide bonds. The summed E-state index contributed by atoms with van der Waals surface area (Å²) in [6.45, 7) is 5.66. The largest absolute Gasteiger partial charge is 0.376 e. The van der Waals surface area contributed by atoms with Gasteiger partial charge in [-0.3, -0.25) is 0 Å². The van der Waals surface area contributed by atoms with E-state index < -0.39 is 0 Å². The molecule has 100 valence electrons. The van der Waals surface area contributed by atoms with Gasteiger partial charge in [-0.2, -0.15) is 0 Å². The molecular formula is C13H21N3O2. The lowest BCUT2D eigenvalue weighted by atomic mass is 10.1. The number of morpholine rings is 1. The summed E-state index contributed by atoms with van der Waals surface area (Å²) in [5, 5.41) is 3.36. The fourth-order valence-electron chi connectivity index (χ4n) is 2.82. The van der Waals surface area contributed by atoms with Gasteiger partial charge in [0.15, 0.2) is 0 Å². The lowest BCUT2D eigenvalue weighted by Gasteiger charge is -2.28. The molecule has 2 fully saturated rings. The van der Waals surface area contributed by atoms with E-state index in [1.54, 1.807) is 0 Å². The van der Waals surface area contributed by atoms with Gasteiger partial charge in [-0.1, -0.05) is 0 Å². The van der Waals surface area contributed by atoms with Gasteiger partial charge in [0.2, 0.25) is 0 Å². The highest BCUT2D eigenvalue weighted by Crippen LogP contribution is 2.28. The number of rotatable bonds is 3. The Morgan fingerprint density at radius 1 is 1.44 bits per heavy atom. The monoisotopic (exact) mass is 251 g/mol. The van der Waals surface area contributed by atoms with Crippen molar-refractivity contribution in [2.45, 2.75) is 38.0 Å². The molecule has 3 heterocycles. The average molecular weight is 251 g/mol. The predicted molar refractivity (Wildman–Crippen MR) is 67.5 cm³/mol. The molecule has 0 bridgehead atoms. The lowest BCUT2D eigenvalue weighted by Crippen LogP contribution is -2.35. The van der Waals surface area contributed by atoms with Crippen molar-refractivity contribution in [1.29, 1.82) is 0 Å². The van der Waals surface area contributed by atoms with Crippen LogP contribution in [0.4, 0.5) is 0 Å². The summed E-state index contributed by atoms with van der Waals surface area (Å²) in [5.41, 5.74) is 1.16. The maximum Gasteiger partial charge on any atom is 0.111 e. The number of nitrogens with one attached hydrogen (secondary N) is 1. The van der Waals surface area contributed by atoms with Crippen molar-refractivity contribution in [3.63, 3.8) is 0 Å². The molecule has 1 aromatic rings. The molecule has 1 aromatic heterocycles. The predicted octanol–water partition coefficient (Wildman–Crippen LogP) is 1.28. The van der Waals surface area contributed by atoms with Crippen LogP contribution in [0.5, 0.6) is 0 Å². The number of imidazole rings is 1. The first-order valence-corrected chi connectivity index (χ1v) is 6.82. The Morgan fingerprint density at radius 3 is 3.11 bits per heavy atom. The van der Waals surface area contributed by atoms with E-state index in [9.17, 15) is 0 Å². The Hall–Kier alpha value is -0.910. The van der Waals surface area contributed by atoms with E-state index in [1.165, 1.54) is 6.42 Å². The van der Waals surface area contributed by atoms with E-state index in [1.807, 2.05) is 12.5 Å². The molecule has 5 heteroatoms. The quantitative estimate of drug-likeness (QED) is 0.879. The van der Waals surface area contributed by atoms with Gasteiger partial charge in [0, 0.05) is 19.7 Å². The topological polar surface area (TPSA) is 48.3 Å². The fourth-order valence-corrected chi connectivity index (χ4v) is 2.82. The van der Waals surface area contributed by atoms with Gasteiger partial charge in [-0.25, -0.2) is 4.98 Å². The van der Waals surface area contributed by atoms with Crippen LogP contribution in [0.3, 0.4) is 0 Å². The summed E-state index contributed by atoms with van der Waals surface area (Å²) in [6.07, 6.45) is 6.56. The number of aromatic nitrogens is 2. The summed E-state index contributed by atoms with van der Waals surface area (Å²) >= 11 is 0. The second-order valence-electron chi connectivity index (χ2n) is 5.08. The highest BCUT2D eigenvalue weighted by atomic mass is 16.5. The number of hydrogen-bond donors (Lipinski definition) is 1. The van der Waals surface area contributed by atoms with Gasteiger partial charge in [0.1, 0.15) is 6.10 Å². The Morgan fingerprint density at radius 2 is 2.39 bits per heavy atom. The van der Waals surface area contributed by atoms with Crippen molar-refractivity contribution in [2.24, 2.45) is 0 Å². The van der Waals surface area contributed by atoms with Gasteiger partial charge < -0.3 is 19.4 Å². The molecule has 2 aliphatic rings. The van der Waals surface area contributed by atoms with Gasteiger partial charge in [0.25, 0.3) is 0 Å². The maximum absolute atomic E-state index is 5.81. The molecule has 3 atom stereocenters. The van der Waals surface area contributed by atoms with Crippen LogP contribution in [0.1, 0.15) is 37.6 Å². The van der Waals surface area contributed by atoms with Gasteiger partial charge in [-0.15, -0.1) is 0 Å². The van der Waals surface area contributed by atoms with Crippen LogP contribution in [0, 0.1) is 0 Å². The second kappa shape index (κ2) is 5.38. The molecule has 0 radical (unpaired) electrons. The number of ether oxygens (including phenoxy) is 2. The highest BCUT2D eigenvalue weighted by molar-refractivity contribution is 5.07. The Labute approximate surface area is 107 Å². The number of hydrogen-bond acceptors (Lipinski definition) is 4. The van der Waals surface area contributed by atoms with Crippen molar-refractivity contribution >= 4 is 0 Å². The molecular weight excluding hydrogens is 230 g/mol. The molecule has 0 saturated carbocycles. The van der Waals surface area contributed by atoms with Crippen LogP contribution in [0.25, 0.3) is 0 Å². The average Bonchev–Trinajstić information content (AvgIpc) is 3.10. The van der Waals surface area contributed by atoms with Crippen LogP contribution < -0.4 is 5.32 Å². The summed E-state index contributed by atoms with van der Waals surface area (Å²) in [6, 6.07) is 0.329. The van der Waals surface area contributed by atoms with Crippen molar-refractivity contribution in [3.8, 4) is 0 Å². The Bertz CT molecular complexity index is 381. The first-order valence-electron chi connectivity index (χ1n) is 6.82. The van der Waals surface area contributed by atoms with E-state index in [2.05, 4.69) is 21.8 Å². The molecule has 2 aliphatic heterocycles. The van der Waals surface area contributed by atoms with Crippen molar-refractivity contribution in [3.05, 3.63) is 18.2 Å². The highest BCUT2D eigenvalue weighted by Gasteiger charge is 2.27. The van der Waals surface area contributed by atoms with E-state index in [4.69, 9.17) is 9.47 Å².